The lowest BCUT2D eigenvalue weighted by Gasteiger charge is -2.19. The first-order valence-electron chi connectivity index (χ1n) is 4.95. The van der Waals surface area contributed by atoms with Gasteiger partial charge in [-0.2, -0.15) is 0 Å². The zero-order valence-corrected chi connectivity index (χ0v) is 10.1. The second kappa shape index (κ2) is 6.94. The van der Waals surface area contributed by atoms with Gasteiger partial charge >= 0.3 is 0 Å². The van der Waals surface area contributed by atoms with Crippen molar-refractivity contribution in [2.75, 3.05) is 30.6 Å². The maximum atomic E-state index is 5.72. The highest BCUT2D eigenvalue weighted by molar-refractivity contribution is 6.18. The molecule has 0 saturated heterocycles. The van der Waals surface area contributed by atoms with Crippen LogP contribution in [-0.4, -0.2) is 29.7 Å². The maximum Gasteiger partial charge on any atom is 0.0351 e. The van der Waals surface area contributed by atoms with Gasteiger partial charge in [-0.15, -0.1) is 23.2 Å². The minimum atomic E-state index is 0.631. The van der Waals surface area contributed by atoms with E-state index in [0.717, 1.165) is 25.3 Å². The Morgan fingerprint density at radius 2 is 1.53 bits per heavy atom. The van der Waals surface area contributed by atoms with E-state index >= 15 is 0 Å². The Labute approximate surface area is 101 Å². The fraction of sp³-hybridized carbons (Fsp3) is 0.455. The topological polar surface area (TPSA) is 29.3 Å². The largest absolute Gasteiger partial charge is 0.399 e. The number of benzene rings is 1. The Morgan fingerprint density at radius 3 is 2.00 bits per heavy atom. The number of rotatable bonds is 6. The van der Waals surface area contributed by atoms with Crippen molar-refractivity contribution in [3.63, 3.8) is 0 Å². The van der Waals surface area contributed by atoms with Crippen LogP contribution in [0.25, 0.3) is 0 Å². The molecule has 15 heavy (non-hydrogen) atoms. The summed E-state index contributed by atoms with van der Waals surface area (Å²) in [6.45, 7) is 2.59. The zero-order valence-electron chi connectivity index (χ0n) is 8.63. The molecule has 0 spiro atoms. The molecule has 0 aromatic heterocycles. The molecule has 0 aliphatic heterocycles. The van der Waals surface area contributed by atoms with Gasteiger partial charge in [-0.05, 0) is 17.7 Å². The molecular formula is C11H16Cl2N2. The fourth-order valence-corrected chi connectivity index (χ4v) is 1.87. The van der Waals surface area contributed by atoms with Crippen molar-refractivity contribution in [3.05, 3.63) is 29.8 Å². The number of hydrogen-bond donors (Lipinski definition) is 1. The molecule has 0 amide bonds. The monoisotopic (exact) mass is 246 g/mol. The summed E-state index contributed by atoms with van der Waals surface area (Å²) in [7, 11) is 0. The summed E-state index contributed by atoms with van der Waals surface area (Å²) < 4.78 is 0. The van der Waals surface area contributed by atoms with Crippen LogP contribution in [0.4, 0.5) is 5.69 Å². The molecule has 0 aliphatic carbocycles. The molecular weight excluding hydrogens is 231 g/mol. The Kier molecular flexibility index (Phi) is 5.84. The van der Waals surface area contributed by atoms with E-state index < -0.39 is 0 Å². The fourth-order valence-electron chi connectivity index (χ4n) is 1.39. The molecule has 1 rings (SSSR count). The van der Waals surface area contributed by atoms with Gasteiger partial charge in [0.05, 0.1) is 0 Å². The standard InChI is InChI=1S/C11H16Cl2N2/c12-5-7-15(8-6-13)9-10-1-3-11(14)4-2-10/h1-4H,5-9,14H2. The highest BCUT2D eigenvalue weighted by atomic mass is 35.5. The Hall–Kier alpha value is -0.440. The van der Waals surface area contributed by atoms with Crippen molar-refractivity contribution in [2.24, 2.45) is 0 Å². The van der Waals surface area contributed by atoms with E-state index in [9.17, 15) is 0 Å². The van der Waals surface area contributed by atoms with Crippen LogP contribution >= 0.6 is 23.2 Å². The average Bonchev–Trinajstić information content (AvgIpc) is 2.22. The third-order valence-corrected chi connectivity index (χ3v) is 2.53. The van der Waals surface area contributed by atoms with E-state index in [-0.39, 0.29) is 0 Å². The number of nitrogens with two attached hydrogens (primary N) is 1. The van der Waals surface area contributed by atoms with Gasteiger partial charge in [0, 0.05) is 37.1 Å². The number of hydrogen-bond acceptors (Lipinski definition) is 2. The van der Waals surface area contributed by atoms with E-state index in [4.69, 9.17) is 28.9 Å². The van der Waals surface area contributed by atoms with Crippen molar-refractivity contribution in [2.45, 2.75) is 6.54 Å². The molecule has 1 aromatic rings. The van der Waals surface area contributed by atoms with Crippen molar-refractivity contribution in [1.82, 2.24) is 4.90 Å². The second-order valence-electron chi connectivity index (χ2n) is 3.40. The van der Waals surface area contributed by atoms with Crippen LogP contribution in [-0.2, 0) is 6.54 Å². The first kappa shape index (κ1) is 12.6. The van der Waals surface area contributed by atoms with E-state index in [0.29, 0.717) is 11.8 Å². The van der Waals surface area contributed by atoms with E-state index in [1.54, 1.807) is 0 Å². The summed E-state index contributed by atoms with van der Waals surface area (Å²) in [5, 5.41) is 0. The van der Waals surface area contributed by atoms with Crippen LogP contribution in [0.3, 0.4) is 0 Å². The summed E-state index contributed by atoms with van der Waals surface area (Å²) in [4.78, 5) is 2.23. The first-order valence-corrected chi connectivity index (χ1v) is 6.02. The summed E-state index contributed by atoms with van der Waals surface area (Å²) in [5.74, 6) is 1.26. The van der Waals surface area contributed by atoms with Gasteiger partial charge in [-0.1, -0.05) is 12.1 Å². The van der Waals surface area contributed by atoms with Crippen molar-refractivity contribution in [1.29, 1.82) is 0 Å². The van der Waals surface area contributed by atoms with Gasteiger partial charge in [0.25, 0.3) is 0 Å². The van der Waals surface area contributed by atoms with Gasteiger partial charge in [0.15, 0.2) is 0 Å². The van der Waals surface area contributed by atoms with E-state index in [2.05, 4.69) is 4.90 Å². The maximum absolute atomic E-state index is 5.72. The molecule has 2 N–H and O–H groups in total. The van der Waals surface area contributed by atoms with Gasteiger partial charge in [0.1, 0.15) is 0 Å². The van der Waals surface area contributed by atoms with Gasteiger partial charge in [-0.3, -0.25) is 4.90 Å². The van der Waals surface area contributed by atoms with Crippen LogP contribution in [0.1, 0.15) is 5.56 Å². The molecule has 0 heterocycles. The van der Waals surface area contributed by atoms with Crippen LogP contribution in [0.2, 0.25) is 0 Å². The van der Waals surface area contributed by atoms with Gasteiger partial charge in [0.2, 0.25) is 0 Å². The number of nitrogens with zero attached hydrogens (tertiary/aromatic N) is 1. The predicted molar refractivity (Wildman–Crippen MR) is 67.6 cm³/mol. The summed E-state index contributed by atoms with van der Waals surface area (Å²) in [6.07, 6.45) is 0. The normalized spacial score (nSPS) is 10.9. The molecule has 2 nitrogen and oxygen atoms in total. The second-order valence-corrected chi connectivity index (χ2v) is 4.15. The lowest BCUT2D eigenvalue weighted by atomic mass is 10.2. The number of anilines is 1. The molecule has 0 saturated carbocycles. The molecule has 84 valence electrons. The van der Waals surface area contributed by atoms with E-state index in [1.165, 1.54) is 5.56 Å². The first-order chi connectivity index (χ1) is 7.26. The Balaban J connectivity index is 2.53. The third kappa shape index (κ3) is 4.74. The molecule has 1 aromatic carbocycles. The molecule has 0 aliphatic rings. The van der Waals surface area contributed by atoms with Gasteiger partial charge < -0.3 is 5.73 Å². The third-order valence-electron chi connectivity index (χ3n) is 2.19. The van der Waals surface area contributed by atoms with Crippen LogP contribution in [0.5, 0.6) is 0 Å². The molecule has 4 heteroatoms. The molecule has 0 unspecified atom stereocenters. The lowest BCUT2D eigenvalue weighted by molar-refractivity contribution is 0.299. The van der Waals surface area contributed by atoms with Gasteiger partial charge in [-0.25, -0.2) is 0 Å². The van der Waals surface area contributed by atoms with Crippen molar-refractivity contribution < 1.29 is 0 Å². The molecule has 0 atom stereocenters. The van der Waals surface area contributed by atoms with Crippen molar-refractivity contribution in [3.8, 4) is 0 Å². The number of nitrogen functional groups attached to an aromatic ring is 1. The smallest absolute Gasteiger partial charge is 0.0351 e. The summed E-state index contributed by atoms with van der Waals surface area (Å²) in [5.41, 5.74) is 7.65. The van der Waals surface area contributed by atoms with Crippen LogP contribution in [0.15, 0.2) is 24.3 Å². The number of halogens is 2. The Bertz CT molecular complexity index is 268. The number of alkyl halides is 2. The SMILES string of the molecule is Nc1ccc(CN(CCCl)CCCl)cc1. The lowest BCUT2D eigenvalue weighted by Crippen LogP contribution is -2.27. The molecule has 0 bridgehead atoms. The minimum absolute atomic E-state index is 0.631. The highest BCUT2D eigenvalue weighted by Gasteiger charge is 2.04. The quantitative estimate of drug-likeness (QED) is 0.618. The summed E-state index contributed by atoms with van der Waals surface area (Å²) >= 11 is 11.4. The Morgan fingerprint density at radius 1 is 1.00 bits per heavy atom. The van der Waals surface area contributed by atoms with Crippen LogP contribution in [0, 0.1) is 0 Å². The zero-order chi connectivity index (χ0) is 11.1. The predicted octanol–water partition coefficient (Wildman–Crippen LogP) is 2.55. The summed E-state index contributed by atoms with van der Waals surface area (Å²) in [6, 6.07) is 7.89. The van der Waals surface area contributed by atoms with Crippen molar-refractivity contribution >= 4 is 28.9 Å². The average molecular weight is 247 g/mol. The van der Waals surface area contributed by atoms with E-state index in [1.807, 2.05) is 24.3 Å². The molecule has 0 radical (unpaired) electrons. The highest BCUT2D eigenvalue weighted by Crippen LogP contribution is 2.08. The molecule has 0 fully saturated rings. The minimum Gasteiger partial charge on any atom is -0.399 e. The van der Waals surface area contributed by atoms with Crippen LogP contribution < -0.4 is 5.73 Å².